The van der Waals surface area contributed by atoms with Crippen LogP contribution in [0.25, 0.3) is 55.6 Å². The zero-order valence-corrected chi connectivity index (χ0v) is 24.8. The Morgan fingerprint density at radius 2 is 1.05 bits per heavy atom. The van der Waals surface area contributed by atoms with Gasteiger partial charge in [0.15, 0.2) is 0 Å². The first-order chi connectivity index (χ1) is 20.4. The summed E-state index contributed by atoms with van der Waals surface area (Å²) in [5.74, 6) is 3.36. The summed E-state index contributed by atoms with van der Waals surface area (Å²) in [6.07, 6.45) is 1.96. The van der Waals surface area contributed by atoms with E-state index in [1.807, 2.05) is 36.4 Å². The molecule has 0 saturated heterocycles. The van der Waals surface area contributed by atoms with Gasteiger partial charge in [0.05, 0.1) is 35.3 Å². The van der Waals surface area contributed by atoms with Crippen LogP contribution in [0.1, 0.15) is 12.8 Å². The molecule has 6 rings (SSSR count). The van der Waals surface area contributed by atoms with Crippen molar-refractivity contribution >= 4 is 32.8 Å². The van der Waals surface area contributed by atoms with Crippen LogP contribution in [0.5, 0.6) is 11.5 Å². The Morgan fingerprint density at radius 3 is 1.48 bits per heavy atom. The van der Waals surface area contributed by atoms with E-state index in [2.05, 4.69) is 84.4 Å². The van der Waals surface area contributed by atoms with Crippen molar-refractivity contribution in [3.63, 3.8) is 0 Å². The van der Waals surface area contributed by atoms with Gasteiger partial charge in [-0.05, 0) is 88.2 Å². The SMILES string of the molecule is CN(C)CCCOc1ccc2nc(-c3ccc(-c4nc5ccc(OCCCN(C)C)cc5[nH]4)c4ccccc34)[nH]c2c1. The van der Waals surface area contributed by atoms with Gasteiger partial charge in [-0.2, -0.15) is 0 Å². The average molecular weight is 563 g/mol. The molecule has 0 atom stereocenters. The molecule has 216 valence electrons. The lowest BCUT2D eigenvalue weighted by Crippen LogP contribution is -2.15. The molecule has 0 aliphatic heterocycles. The van der Waals surface area contributed by atoms with E-state index in [-0.39, 0.29) is 0 Å². The lowest BCUT2D eigenvalue weighted by atomic mass is 9.99. The number of hydrogen-bond acceptors (Lipinski definition) is 6. The molecule has 0 spiro atoms. The van der Waals surface area contributed by atoms with Crippen LogP contribution in [0.3, 0.4) is 0 Å². The summed E-state index contributed by atoms with van der Waals surface area (Å²) < 4.78 is 12.0. The van der Waals surface area contributed by atoms with Gasteiger partial charge in [-0.3, -0.25) is 0 Å². The lowest BCUT2D eigenvalue weighted by molar-refractivity contribution is 0.282. The minimum atomic E-state index is 0.684. The van der Waals surface area contributed by atoms with Crippen molar-refractivity contribution in [2.75, 3.05) is 54.5 Å². The summed E-state index contributed by atoms with van der Waals surface area (Å²) in [6, 6.07) is 24.8. The third kappa shape index (κ3) is 6.10. The van der Waals surface area contributed by atoms with Gasteiger partial charge in [0.25, 0.3) is 0 Å². The lowest BCUT2D eigenvalue weighted by Gasteiger charge is -2.10. The van der Waals surface area contributed by atoms with Gasteiger partial charge < -0.3 is 29.2 Å². The van der Waals surface area contributed by atoms with Crippen LogP contribution in [-0.2, 0) is 0 Å². The van der Waals surface area contributed by atoms with Crippen LogP contribution in [0.2, 0.25) is 0 Å². The Balaban J connectivity index is 1.27. The highest BCUT2D eigenvalue weighted by Gasteiger charge is 2.15. The Morgan fingerprint density at radius 1 is 0.595 bits per heavy atom. The smallest absolute Gasteiger partial charge is 0.139 e. The third-order valence-corrected chi connectivity index (χ3v) is 7.38. The molecular weight excluding hydrogens is 524 g/mol. The number of aromatic amines is 2. The maximum Gasteiger partial charge on any atom is 0.139 e. The van der Waals surface area contributed by atoms with Crippen LogP contribution in [-0.4, -0.2) is 84.2 Å². The van der Waals surface area contributed by atoms with Crippen molar-refractivity contribution in [1.29, 1.82) is 0 Å². The first-order valence-electron chi connectivity index (χ1n) is 14.5. The topological polar surface area (TPSA) is 82.3 Å². The predicted molar refractivity (Wildman–Crippen MR) is 171 cm³/mol. The number of hydrogen-bond donors (Lipinski definition) is 2. The second-order valence-electron chi connectivity index (χ2n) is 11.2. The molecule has 0 radical (unpaired) electrons. The first kappa shape index (κ1) is 27.8. The van der Waals surface area contributed by atoms with E-state index >= 15 is 0 Å². The number of nitrogens with zero attached hydrogens (tertiary/aromatic N) is 4. The Labute approximate surface area is 246 Å². The molecule has 2 aromatic heterocycles. The highest BCUT2D eigenvalue weighted by atomic mass is 16.5. The van der Waals surface area contributed by atoms with Crippen LogP contribution >= 0.6 is 0 Å². The Kier molecular flexibility index (Phi) is 8.08. The fourth-order valence-electron chi connectivity index (χ4n) is 5.27. The fourth-order valence-corrected chi connectivity index (χ4v) is 5.27. The summed E-state index contributed by atoms with van der Waals surface area (Å²) >= 11 is 0. The molecule has 0 aliphatic carbocycles. The quantitative estimate of drug-likeness (QED) is 0.164. The van der Waals surface area contributed by atoms with E-state index in [4.69, 9.17) is 19.4 Å². The highest BCUT2D eigenvalue weighted by molar-refractivity contribution is 6.04. The normalized spacial score (nSPS) is 11.9. The maximum atomic E-state index is 5.99. The van der Waals surface area contributed by atoms with Gasteiger partial charge in [0.1, 0.15) is 23.1 Å². The molecule has 2 heterocycles. The monoisotopic (exact) mass is 562 g/mol. The standard InChI is InChI=1S/C34H38N6O2/c1-39(2)17-7-19-41-23-11-15-29-31(21-23)37-33(35-29)27-13-14-28(26-10-6-5-9-25(26)27)34-36-30-16-12-24(22-32(30)38-34)42-20-8-18-40(3)4/h5-6,9-16,21-22H,7-8,17-20H2,1-4H3,(H,35,37)(H,36,38). The molecule has 0 amide bonds. The number of fused-ring (bicyclic) bond motifs is 3. The summed E-state index contributed by atoms with van der Waals surface area (Å²) in [4.78, 5) is 21.2. The van der Waals surface area contributed by atoms with Gasteiger partial charge in [-0.25, -0.2) is 9.97 Å². The molecular formula is C34H38N6O2. The Bertz CT molecular complexity index is 1690. The zero-order chi connectivity index (χ0) is 29.1. The molecule has 4 aromatic carbocycles. The summed E-state index contributed by atoms with van der Waals surface area (Å²) in [5, 5.41) is 2.22. The minimum Gasteiger partial charge on any atom is -0.493 e. The molecule has 0 bridgehead atoms. The van der Waals surface area contributed by atoms with Crippen molar-refractivity contribution in [2.24, 2.45) is 0 Å². The summed E-state index contributed by atoms with van der Waals surface area (Å²) in [7, 11) is 8.30. The number of benzene rings is 4. The molecule has 42 heavy (non-hydrogen) atoms. The van der Waals surface area contributed by atoms with E-state index in [1.165, 1.54) is 0 Å². The number of rotatable bonds is 12. The van der Waals surface area contributed by atoms with Crippen molar-refractivity contribution < 1.29 is 9.47 Å². The fraction of sp³-hybridized carbons (Fsp3) is 0.294. The van der Waals surface area contributed by atoms with Crippen molar-refractivity contribution in [2.45, 2.75) is 12.8 Å². The van der Waals surface area contributed by atoms with Crippen molar-refractivity contribution in [3.05, 3.63) is 72.8 Å². The first-order valence-corrected chi connectivity index (χ1v) is 14.5. The van der Waals surface area contributed by atoms with Crippen LogP contribution < -0.4 is 9.47 Å². The van der Waals surface area contributed by atoms with Crippen LogP contribution in [0, 0.1) is 0 Å². The van der Waals surface area contributed by atoms with E-state index in [0.29, 0.717) is 13.2 Å². The van der Waals surface area contributed by atoms with E-state index in [1.54, 1.807) is 0 Å². The van der Waals surface area contributed by atoms with Crippen molar-refractivity contribution in [3.8, 4) is 34.3 Å². The van der Waals surface area contributed by atoms with Gasteiger partial charge in [0, 0.05) is 36.3 Å². The molecule has 8 nitrogen and oxygen atoms in total. The van der Waals surface area contributed by atoms with E-state index in [9.17, 15) is 0 Å². The summed E-state index contributed by atoms with van der Waals surface area (Å²) in [5.41, 5.74) is 5.83. The Hall–Kier alpha value is -4.40. The highest BCUT2D eigenvalue weighted by Crippen LogP contribution is 2.35. The maximum absolute atomic E-state index is 5.99. The molecule has 2 N–H and O–H groups in total. The third-order valence-electron chi connectivity index (χ3n) is 7.38. The van der Waals surface area contributed by atoms with Crippen LogP contribution in [0.15, 0.2) is 72.8 Å². The second kappa shape index (κ2) is 12.2. The number of H-pyrrole nitrogens is 2. The number of aromatic nitrogens is 4. The predicted octanol–water partition coefficient (Wildman–Crippen LogP) is 6.59. The zero-order valence-electron chi connectivity index (χ0n) is 24.8. The van der Waals surface area contributed by atoms with Gasteiger partial charge in [-0.15, -0.1) is 0 Å². The molecule has 6 aromatic rings. The average Bonchev–Trinajstić information content (AvgIpc) is 3.60. The van der Waals surface area contributed by atoms with Gasteiger partial charge in [0.2, 0.25) is 0 Å². The molecule has 0 fully saturated rings. The molecule has 0 saturated carbocycles. The number of nitrogens with one attached hydrogen (secondary N) is 2. The number of ether oxygens (including phenoxy) is 2. The number of imidazole rings is 2. The van der Waals surface area contributed by atoms with Gasteiger partial charge in [-0.1, -0.05) is 24.3 Å². The molecule has 8 heteroatoms. The molecule has 0 unspecified atom stereocenters. The largest absolute Gasteiger partial charge is 0.493 e. The van der Waals surface area contributed by atoms with Gasteiger partial charge >= 0.3 is 0 Å². The van der Waals surface area contributed by atoms with Crippen molar-refractivity contribution in [1.82, 2.24) is 29.7 Å². The molecule has 0 aliphatic rings. The van der Waals surface area contributed by atoms with E-state index < -0.39 is 0 Å². The minimum absolute atomic E-state index is 0.684. The second-order valence-corrected chi connectivity index (χ2v) is 11.2. The van der Waals surface area contributed by atoms with Crippen LogP contribution in [0.4, 0.5) is 0 Å². The summed E-state index contributed by atoms with van der Waals surface area (Å²) in [6.45, 7) is 3.37. The van der Waals surface area contributed by atoms with E-state index in [0.717, 1.165) is 93.0 Å².